The number of aromatic amines is 1. The lowest BCUT2D eigenvalue weighted by molar-refractivity contribution is 0.0661. The minimum atomic E-state index is -1.10. The molecule has 0 bridgehead atoms. The van der Waals surface area contributed by atoms with Crippen LogP contribution in [0, 0.1) is 0 Å². The first-order valence-corrected chi connectivity index (χ1v) is 8.34. The zero-order valence-corrected chi connectivity index (χ0v) is 13.2. The van der Waals surface area contributed by atoms with Crippen molar-refractivity contribution >= 4 is 39.3 Å². The van der Waals surface area contributed by atoms with Gasteiger partial charge < -0.3 is 14.5 Å². The number of hydrogen-bond acceptors (Lipinski definition) is 6. The number of hydrogen-bond donors (Lipinski definition) is 2. The van der Waals surface area contributed by atoms with Crippen molar-refractivity contribution in [2.45, 2.75) is 24.3 Å². The molecule has 8 heteroatoms. The summed E-state index contributed by atoms with van der Waals surface area (Å²) in [4.78, 5) is 31.8. The highest BCUT2D eigenvalue weighted by atomic mass is 32.2. The lowest BCUT2D eigenvalue weighted by Gasteiger charge is -1.98. The van der Waals surface area contributed by atoms with Gasteiger partial charge in [-0.15, -0.1) is 11.3 Å². The molecule has 0 saturated heterocycles. The average Bonchev–Trinajstić information content (AvgIpc) is 3.11. The van der Waals surface area contributed by atoms with Crippen molar-refractivity contribution in [3.63, 3.8) is 0 Å². The SMILES string of the molecule is CCc1cc2c(=O)[nH]c(SCc3ccc(C(=O)O)o3)nc2s1. The number of aromatic carboxylic acids is 1. The summed E-state index contributed by atoms with van der Waals surface area (Å²) in [5, 5.41) is 9.91. The molecule has 0 unspecified atom stereocenters. The monoisotopic (exact) mass is 336 g/mol. The number of thiophene rings is 1. The van der Waals surface area contributed by atoms with Crippen molar-refractivity contribution in [3.8, 4) is 0 Å². The van der Waals surface area contributed by atoms with Crippen molar-refractivity contribution in [3.05, 3.63) is 45.0 Å². The van der Waals surface area contributed by atoms with E-state index in [2.05, 4.69) is 9.97 Å². The quantitative estimate of drug-likeness (QED) is 0.549. The largest absolute Gasteiger partial charge is 0.475 e. The number of carboxylic acid groups (broad SMARTS) is 1. The highest BCUT2D eigenvalue weighted by Crippen LogP contribution is 2.25. The van der Waals surface area contributed by atoms with Gasteiger partial charge in [0.1, 0.15) is 10.6 Å². The van der Waals surface area contributed by atoms with Crippen LogP contribution in [-0.2, 0) is 12.2 Å². The Kier molecular flexibility index (Phi) is 4.04. The number of fused-ring (bicyclic) bond motifs is 1. The van der Waals surface area contributed by atoms with Crippen LogP contribution in [0.4, 0.5) is 0 Å². The summed E-state index contributed by atoms with van der Waals surface area (Å²) in [7, 11) is 0. The van der Waals surface area contributed by atoms with E-state index in [1.54, 1.807) is 6.07 Å². The first kappa shape index (κ1) is 14.9. The number of rotatable bonds is 5. The Labute approximate surface area is 133 Å². The van der Waals surface area contributed by atoms with Crippen LogP contribution < -0.4 is 5.56 Å². The van der Waals surface area contributed by atoms with Gasteiger partial charge in [0, 0.05) is 4.88 Å². The molecule has 22 heavy (non-hydrogen) atoms. The van der Waals surface area contributed by atoms with Crippen LogP contribution in [0.15, 0.2) is 32.6 Å². The van der Waals surface area contributed by atoms with Gasteiger partial charge in [0.2, 0.25) is 5.76 Å². The molecule has 6 nitrogen and oxygen atoms in total. The fourth-order valence-electron chi connectivity index (χ4n) is 1.91. The van der Waals surface area contributed by atoms with Gasteiger partial charge in [0.05, 0.1) is 11.1 Å². The highest BCUT2D eigenvalue weighted by Gasteiger charge is 2.11. The molecule has 3 rings (SSSR count). The Balaban J connectivity index is 1.81. The molecule has 0 fully saturated rings. The Morgan fingerprint density at radius 1 is 1.50 bits per heavy atom. The molecule has 0 saturated carbocycles. The van der Waals surface area contributed by atoms with E-state index in [1.165, 1.54) is 29.2 Å². The van der Waals surface area contributed by atoms with Crippen LogP contribution in [0.25, 0.3) is 10.2 Å². The fourth-order valence-corrected chi connectivity index (χ4v) is 3.69. The van der Waals surface area contributed by atoms with Crippen LogP contribution in [0.3, 0.4) is 0 Å². The molecular formula is C14H12N2O4S2. The van der Waals surface area contributed by atoms with Gasteiger partial charge in [-0.1, -0.05) is 18.7 Å². The lowest BCUT2D eigenvalue weighted by atomic mass is 10.3. The average molecular weight is 336 g/mol. The van der Waals surface area contributed by atoms with Crippen molar-refractivity contribution in [1.29, 1.82) is 0 Å². The van der Waals surface area contributed by atoms with Crippen molar-refractivity contribution in [2.24, 2.45) is 0 Å². The third-order valence-electron chi connectivity index (χ3n) is 3.00. The number of H-pyrrole nitrogens is 1. The second kappa shape index (κ2) is 5.98. The maximum atomic E-state index is 12.0. The summed E-state index contributed by atoms with van der Waals surface area (Å²) in [6.07, 6.45) is 0.868. The molecule has 0 aliphatic heterocycles. The zero-order chi connectivity index (χ0) is 15.7. The summed E-state index contributed by atoms with van der Waals surface area (Å²) >= 11 is 2.81. The second-order valence-electron chi connectivity index (χ2n) is 4.52. The molecule has 2 N–H and O–H groups in total. The van der Waals surface area contributed by atoms with Gasteiger partial charge in [-0.25, -0.2) is 9.78 Å². The number of carbonyl (C=O) groups is 1. The van der Waals surface area contributed by atoms with Gasteiger partial charge in [0.15, 0.2) is 5.16 Å². The Hall–Kier alpha value is -2.06. The summed E-state index contributed by atoms with van der Waals surface area (Å²) in [5.74, 6) is -0.285. The Morgan fingerprint density at radius 3 is 3.00 bits per heavy atom. The zero-order valence-electron chi connectivity index (χ0n) is 11.6. The number of carboxylic acids is 1. The molecule has 0 atom stereocenters. The number of nitrogens with zero attached hydrogens (tertiary/aromatic N) is 1. The molecular weight excluding hydrogens is 324 g/mol. The number of nitrogens with one attached hydrogen (secondary N) is 1. The maximum Gasteiger partial charge on any atom is 0.371 e. The molecule has 0 amide bonds. The van der Waals surface area contributed by atoms with Crippen LogP contribution >= 0.6 is 23.1 Å². The van der Waals surface area contributed by atoms with E-state index < -0.39 is 5.97 Å². The van der Waals surface area contributed by atoms with E-state index in [-0.39, 0.29) is 11.3 Å². The van der Waals surface area contributed by atoms with E-state index in [4.69, 9.17) is 9.52 Å². The van der Waals surface area contributed by atoms with Gasteiger partial charge in [-0.05, 0) is 24.6 Å². The minimum absolute atomic E-state index is 0.0988. The number of aromatic nitrogens is 2. The van der Waals surface area contributed by atoms with Gasteiger partial charge in [-0.3, -0.25) is 4.79 Å². The molecule has 0 aromatic carbocycles. The molecule has 3 aromatic heterocycles. The van der Waals surface area contributed by atoms with Crippen molar-refractivity contribution in [2.75, 3.05) is 0 Å². The molecule has 114 valence electrons. The molecule has 3 aromatic rings. The van der Waals surface area contributed by atoms with Crippen molar-refractivity contribution in [1.82, 2.24) is 9.97 Å². The predicted molar refractivity (Wildman–Crippen MR) is 84.8 cm³/mol. The number of thioether (sulfide) groups is 1. The Bertz CT molecular complexity index is 894. The third-order valence-corrected chi connectivity index (χ3v) is 5.07. The Morgan fingerprint density at radius 2 is 2.32 bits per heavy atom. The van der Waals surface area contributed by atoms with E-state index in [0.717, 1.165) is 11.3 Å². The standard InChI is InChI=1S/C14H12N2O4S2/c1-2-8-5-9-11(17)15-14(16-12(9)22-8)21-6-7-3-4-10(20-7)13(18)19/h3-5H,2,6H2,1H3,(H,18,19)(H,15,16,17). The number of furan rings is 1. The van der Waals surface area contributed by atoms with E-state index >= 15 is 0 Å². The van der Waals surface area contributed by atoms with Crippen LogP contribution in [0.5, 0.6) is 0 Å². The summed E-state index contributed by atoms with van der Waals surface area (Å²) in [5.41, 5.74) is -0.158. The van der Waals surface area contributed by atoms with Crippen LogP contribution in [-0.4, -0.2) is 21.0 Å². The summed E-state index contributed by atoms with van der Waals surface area (Å²) < 4.78 is 5.17. The number of aryl methyl sites for hydroxylation is 1. The lowest BCUT2D eigenvalue weighted by Crippen LogP contribution is -2.07. The van der Waals surface area contributed by atoms with E-state index in [0.29, 0.717) is 26.9 Å². The van der Waals surface area contributed by atoms with Crippen LogP contribution in [0.1, 0.15) is 28.1 Å². The molecule has 3 heterocycles. The van der Waals surface area contributed by atoms with Crippen molar-refractivity contribution < 1.29 is 14.3 Å². The molecule has 0 radical (unpaired) electrons. The minimum Gasteiger partial charge on any atom is -0.475 e. The van der Waals surface area contributed by atoms with Gasteiger partial charge in [0.25, 0.3) is 5.56 Å². The highest BCUT2D eigenvalue weighted by molar-refractivity contribution is 7.98. The summed E-state index contributed by atoms with van der Waals surface area (Å²) in [6.45, 7) is 2.03. The smallest absolute Gasteiger partial charge is 0.371 e. The van der Waals surface area contributed by atoms with E-state index in [9.17, 15) is 9.59 Å². The first-order chi connectivity index (χ1) is 10.6. The maximum absolute atomic E-state index is 12.0. The first-order valence-electron chi connectivity index (χ1n) is 6.54. The summed E-state index contributed by atoms with van der Waals surface area (Å²) in [6, 6.07) is 4.88. The normalized spacial score (nSPS) is 11.1. The van der Waals surface area contributed by atoms with Gasteiger partial charge in [-0.2, -0.15) is 0 Å². The third kappa shape index (κ3) is 2.93. The molecule has 0 aliphatic rings. The fraction of sp³-hybridized carbons (Fsp3) is 0.214. The topological polar surface area (TPSA) is 96.2 Å². The van der Waals surface area contributed by atoms with Crippen LogP contribution in [0.2, 0.25) is 0 Å². The molecule has 0 spiro atoms. The predicted octanol–water partition coefficient (Wildman–Crippen LogP) is 3.13. The van der Waals surface area contributed by atoms with E-state index in [1.807, 2.05) is 13.0 Å². The molecule has 0 aliphatic carbocycles. The second-order valence-corrected chi connectivity index (χ2v) is 6.60. The van der Waals surface area contributed by atoms with Gasteiger partial charge >= 0.3 is 5.97 Å².